The Morgan fingerprint density at radius 3 is 2.48 bits per heavy atom. The Bertz CT molecular complexity index is 566. The van der Waals surface area contributed by atoms with Crippen molar-refractivity contribution in [1.82, 2.24) is 20.2 Å². The highest BCUT2D eigenvalue weighted by Gasteiger charge is 2.17. The van der Waals surface area contributed by atoms with Crippen LogP contribution in [0.2, 0.25) is 0 Å². The third kappa shape index (κ3) is 4.70. The van der Waals surface area contributed by atoms with Crippen LogP contribution in [0.4, 0.5) is 0 Å². The summed E-state index contributed by atoms with van der Waals surface area (Å²) >= 11 is 0. The molecule has 1 atom stereocenters. The first-order chi connectivity index (χ1) is 9.72. The lowest BCUT2D eigenvalue weighted by Gasteiger charge is -2.18. The number of aryl methyl sites for hydroxylation is 2. The number of H-pyrrole nitrogens is 1. The number of carbonyl (C=O) groups excluding carboxylic acids is 2. The van der Waals surface area contributed by atoms with Crippen LogP contribution >= 0.6 is 0 Å². The van der Waals surface area contributed by atoms with Crippen LogP contribution in [-0.2, 0) is 16.0 Å². The summed E-state index contributed by atoms with van der Waals surface area (Å²) in [5.74, 6) is -0.357. The number of hydrogen-bond acceptors (Lipinski definition) is 4. The molecule has 0 aromatic carbocycles. The number of nitrogens with one attached hydrogen (secondary N) is 2. The largest absolute Gasteiger partial charge is 0.347 e. The summed E-state index contributed by atoms with van der Waals surface area (Å²) in [6.07, 6.45) is 0.705. The molecule has 7 heteroatoms. The van der Waals surface area contributed by atoms with Crippen molar-refractivity contribution in [3.8, 4) is 0 Å². The summed E-state index contributed by atoms with van der Waals surface area (Å²) in [6, 6.07) is -0.552. The zero-order chi connectivity index (χ0) is 16.2. The number of amides is 2. The Morgan fingerprint density at radius 2 is 1.95 bits per heavy atom. The van der Waals surface area contributed by atoms with E-state index in [0.717, 1.165) is 11.3 Å². The minimum Gasteiger partial charge on any atom is -0.347 e. The molecule has 0 aliphatic heterocycles. The number of carbonyl (C=O) groups is 2. The summed E-state index contributed by atoms with van der Waals surface area (Å²) in [6.45, 7) is 5.17. The second-order valence-electron chi connectivity index (χ2n) is 5.25. The smallest absolute Gasteiger partial charge is 0.345 e. The van der Waals surface area contributed by atoms with Crippen molar-refractivity contribution < 1.29 is 9.59 Å². The van der Waals surface area contributed by atoms with Gasteiger partial charge in [-0.1, -0.05) is 0 Å². The Kier molecular flexibility index (Phi) is 5.63. The molecule has 2 amide bonds. The van der Waals surface area contributed by atoms with E-state index in [1.807, 2.05) is 0 Å². The summed E-state index contributed by atoms with van der Waals surface area (Å²) in [5.41, 5.74) is 1.82. The monoisotopic (exact) mass is 294 g/mol. The van der Waals surface area contributed by atoms with E-state index in [-0.39, 0.29) is 23.9 Å². The minimum atomic E-state index is -0.552. The molecule has 1 heterocycles. The average Bonchev–Trinajstić information content (AvgIpc) is 2.36. The highest BCUT2D eigenvalue weighted by molar-refractivity contribution is 5.87. The minimum absolute atomic E-state index is 0.151. The lowest BCUT2D eigenvalue weighted by molar-refractivity contribution is -0.133. The Hall–Kier alpha value is -2.18. The third-order valence-electron chi connectivity index (χ3n) is 3.24. The molecule has 0 saturated carbocycles. The first kappa shape index (κ1) is 16.9. The third-order valence-corrected chi connectivity index (χ3v) is 3.24. The van der Waals surface area contributed by atoms with Crippen molar-refractivity contribution in [2.24, 2.45) is 0 Å². The van der Waals surface area contributed by atoms with Gasteiger partial charge in [0.15, 0.2) is 0 Å². The molecule has 0 saturated heterocycles. The maximum atomic E-state index is 11.9. The van der Waals surface area contributed by atoms with Gasteiger partial charge >= 0.3 is 5.69 Å². The van der Waals surface area contributed by atoms with E-state index in [4.69, 9.17) is 0 Å². The van der Waals surface area contributed by atoms with Crippen molar-refractivity contribution in [3.63, 3.8) is 0 Å². The van der Waals surface area contributed by atoms with Crippen LogP contribution in [0.3, 0.4) is 0 Å². The molecule has 116 valence electrons. The van der Waals surface area contributed by atoms with Crippen LogP contribution < -0.4 is 11.0 Å². The normalized spacial score (nSPS) is 11.9. The summed E-state index contributed by atoms with van der Waals surface area (Å²) in [4.78, 5) is 42.6. The van der Waals surface area contributed by atoms with Crippen molar-refractivity contribution >= 4 is 11.8 Å². The van der Waals surface area contributed by atoms with Crippen LogP contribution in [0.5, 0.6) is 0 Å². The highest BCUT2D eigenvalue weighted by Crippen LogP contribution is 2.09. The zero-order valence-electron chi connectivity index (χ0n) is 13.1. The molecule has 0 aliphatic carbocycles. The van der Waals surface area contributed by atoms with Crippen LogP contribution in [0.25, 0.3) is 0 Å². The molecule has 0 radical (unpaired) electrons. The number of rotatable bonds is 5. The molecule has 7 nitrogen and oxygen atoms in total. The SMILES string of the molecule is Cc1nc(=O)[nH]c(C)c1CCC(=O)N[C@@H](C)C(=O)N(C)C. The van der Waals surface area contributed by atoms with Gasteiger partial charge in [0, 0.05) is 31.9 Å². The maximum absolute atomic E-state index is 11.9. The molecule has 2 N–H and O–H groups in total. The van der Waals surface area contributed by atoms with E-state index < -0.39 is 6.04 Å². The summed E-state index contributed by atoms with van der Waals surface area (Å²) < 4.78 is 0. The van der Waals surface area contributed by atoms with Crippen molar-refractivity contribution in [3.05, 3.63) is 27.4 Å². The van der Waals surface area contributed by atoms with Gasteiger partial charge in [-0.15, -0.1) is 0 Å². The van der Waals surface area contributed by atoms with Crippen LogP contribution in [-0.4, -0.2) is 46.8 Å². The van der Waals surface area contributed by atoms with E-state index >= 15 is 0 Å². The number of aromatic amines is 1. The van der Waals surface area contributed by atoms with Gasteiger partial charge in [-0.05, 0) is 32.8 Å². The quantitative estimate of drug-likeness (QED) is 0.793. The second kappa shape index (κ2) is 7.01. The molecule has 1 aromatic heterocycles. The van der Waals surface area contributed by atoms with Crippen LogP contribution in [0, 0.1) is 13.8 Å². The molecule has 1 aromatic rings. The van der Waals surface area contributed by atoms with Crippen LogP contribution in [0.15, 0.2) is 4.79 Å². The van der Waals surface area contributed by atoms with Crippen molar-refractivity contribution in [1.29, 1.82) is 0 Å². The molecular formula is C14H22N4O3. The van der Waals surface area contributed by atoms with Gasteiger partial charge in [-0.3, -0.25) is 9.59 Å². The number of likely N-dealkylation sites (N-methyl/N-ethyl adjacent to an activating group) is 1. The Morgan fingerprint density at radius 1 is 1.33 bits per heavy atom. The zero-order valence-corrected chi connectivity index (χ0v) is 13.1. The number of nitrogens with zero attached hydrogens (tertiary/aromatic N) is 2. The van der Waals surface area contributed by atoms with E-state index in [9.17, 15) is 14.4 Å². The Labute approximate surface area is 123 Å². The first-order valence-electron chi connectivity index (χ1n) is 6.79. The molecule has 1 rings (SSSR count). The topological polar surface area (TPSA) is 95.2 Å². The lowest BCUT2D eigenvalue weighted by atomic mass is 10.1. The average molecular weight is 294 g/mol. The van der Waals surface area contributed by atoms with Gasteiger partial charge in [0.05, 0.1) is 0 Å². The van der Waals surface area contributed by atoms with E-state index in [1.165, 1.54) is 4.90 Å². The van der Waals surface area contributed by atoms with E-state index in [1.54, 1.807) is 34.9 Å². The fraction of sp³-hybridized carbons (Fsp3) is 0.571. The highest BCUT2D eigenvalue weighted by atomic mass is 16.2. The predicted octanol–water partition coefficient (Wildman–Crippen LogP) is -0.0878. The Balaban J connectivity index is 2.62. The molecule has 21 heavy (non-hydrogen) atoms. The van der Waals surface area contributed by atoms with Gasteiger partial charge in [0.25, 0.3) is 0 Å². The van der Waals surface area contributed by atoms with E-state index in [2.05, 4.69) is 15.3 Å². The van der Waals surface area contributed by atoms with Crippen LogP contribution in [0.1, 0.15) is 30.3 Å². The first-order valence-corrected chi connectivity index (χ1v) is 6.79. The standard InChI is InChI=1S/C14H22N4O3/c1-8-11(9(2)17-14(21)16-8)6-7-12(19)15-10(3)13(20)18(4)5/h10H,6-7H2,1-5H3,(H,15,19)(H,16,17,21)/t10-/m0/s1. The maximum Gasteiger partial charge on any atom is 0.345 e. The second-order valence-corrected chi connectivity index (χ2v) is 5.25. The van der Waals surface area contributed by atoms with Gasteiger partial charge in [0.1, 0.15) is 6.04 Å². The fourth-order valence-electron chi connectivity index (χ4n) is 2.12. The van der Waals surface area contributed by atoms with Gasteiger partial charge in [-0.25, -0.2) is 4.79 Å². The van der Waals surface area contributed by atoms with Gasteiger partial charge in [-0.2, -0.15) is 4.98 Å². The van der Waals surface area contributed by atoms with E-state index in [0.29, 0.717) is 12.1 Å². The van der Waals surface area contributed by atoms with Gasteiger partial charge < -0.3 is 15.2 Å². The van der Waals surface area contributed by atoms with Gasteiger partial charge in [0.2, 0.25) is 11.8 Å². The molecule has 0 bridgehead atoms. The molecule has 0 fully saturated rings. The van der Waals surface area contributed by atoms with Crippen molar-refractivity contribution in [2.75, 3.05) is 14.1 Å². The lowest BCUT2D eigenvalue weighted by Crippen LogP contribution is -2.44. The van der Waals surface area contributed by atoms with Crippen molar-refractivity contribution in [2.45, 2.75) is 39.7 Å². The number of hydrogen-bond donors (Lipinski definition) is 2. The molecule has 0 aliphatic rings. The summed E-state index contributed by atoms with van der Waals surface area (Å²) in [5, 5.41) is 2.66. The molecular weight excluding hydrogens is 272 g/mol. The predicted molar refractivity (Wildman–Crippen MR) is 79.0 cm³/mol. The summed E-state index contributed by atoms with van der Waals surface area (Å²) in [7, 11) is 3.29. The molecule has 0 spiro atoms. The fourth-order valence-corrected chi connectivity index (χ4v) is 2.12. The number of aromatic nitrogens is 2. The molecule has 0 unspecified atom stereocenters.